The minimum atomic E-state index is -0.646. The van der Waals surface area contributed by atoms with Gasteiger partial charge in [-0.3, -0.25) is 9.59 Å². The number of unbranched alkanes of at least 4 members (excludes halogenated alkanes) is 1. The van der Waals surface area contributed by atoms with Gasteiger partial charge in [-0.05, 0) is 61.8 Å². The first-order chi connectivity index (χ1) is 17.5. The van der Waals surface area contributed by atoms with Crippen molar-refractivity contribution in [1.29, 1.82) is 0 Å². The van der Waals surface area contributed by atoms with Gasteiger partial charge in [0.1, 0.15) is 5.75 Å². The molecule has 0 saturated heterocycles. The highest BCUT2D eigenvalue weighted by Gasteiger charge is 2.42. The number of aliphatic hydroxyl groups excluding tert-OH is 1. The lowest BCUT2D eigenvalue weighted by Crippen LogP contribution is -2.34. The molecule has 0 fully saturated rings. The summed E-state index contributed by atoms with van der Waals surface area (Å²) >= 11 is 0. The number of benzene rings is 2. The van der Waals surface area contributed by atoms with E-state index >= 15 is 0 Å². The summed E-state index contributed by atoms with van der Waals surface area (Å²) in [6.07, 6.45) is 5.91. The van der Waals surface area contributed by atoms with Gasteiger partial charge >= 0.3 is 0 Å². The van der Waals surface area contributed by atoms with Gasteiger partial charge in [-0.1, -0.05) is 75.7 Å². The largest absolute Gasteiger partial charge is 0.503 e. The molecule has 0 aliphatic carbocycles. The van der Waals surface area contributed by atoms with Gasteiger partial charge in [-0.15, -0.1) is 0 Å². The third-order valence-corrected chi connectivity index (χ3v) is 6.53. The lowest BCUT2D eigenvalue weighted by Gasteiger charge is -2.28. The van der Waals surface area contributed by atoms with Crippen LogP contribution in [0.3, 0.4) is 0 Å². The van der Waals surface area contributed by atoms with Gasteiger partial charge in [0.25, 0.3) is 5.91 Å². The van der Waals surface area contributed by atoms with Gasteiger partial charge in [0, 0.05) is 6.54 Å². The Morgan fingerprint density at radius 2 is 1.72 bits per heavy atom. The molecule has 0 bridgehead atoms. The maximum absolute atomic E-state index is 13.3. The molecule has 192 valence electrons. The van der Waals surface area contributed by atoms with E-state index < -0.39 is 17.7 Å². The lowest BCUT2D eigenvalue weighted by atomic mass is 9.95. The van der Waals surface area contributed by atoms with Gasteiger partial charge in [0.15, 0.2) is 11.5 Å². The van der Waals surface area contributed by atoms with E-state index in [2.05, 4.69) is 25.7 Å². The summed E-state index contributed by atoms with van der Waals surface area (Å²) in [7, 11) is 0. The van der Waals surface area contributed by atoms with Crippen LogP contribution in [0.2, 0.25) is 0 Å². The van der Waals surface area contributed by atoms with Gasteiger partial charge < -0.3 is 19.6 Å². The average molecular weight is 491 g/mol. The summed E-state index contributed by atoms with van der Waals surface area (Å²) in [5.74, 6) is -0.591. The first-order valence-corrected chi connectivity index (χ1v) is 13.0. The van der Waals surface area contributed by atoms with E-state index in [0.717, 1.165) is 55.8 Å². The van der Waals surface area contributed by atoms with Crippen LogP contribution in [0.4, 0.5) is 0 Å². The number of amides is 1. The van der Waals surface area contributed by atoms with E-state index in [1.165, 1.54) is 6.08 Å². The molecule has 0 saturated carbocycles. The van der Waals surface area contributed by atoms with Crippen LogP contribution >= 0.6 is 0 Å². The van der Waals surface area contributed by atoms with E-state index in [0.29, 0.717) is 13.2 Å². The highest BCUT2D eigenvalue weighted by Crippen LogP contribution is 2.38. The summed E-state index contributed by atoms with van der Waals surface area (Å²) in [5.41, 5.74) is 1.76. The Morgan fingerprint density at radius 1 is 1.03 bits per heavy atom. The molecule has 1 aliphatic heterocycles. The van der Waals surface area contributed by atoms with Crippen LogP contribution < -0.4 is 4.74 Å². The van der Waals surface area contributed by atoms with Crippen molar-refractivity contribution < 1.29 is 19.4 Å². The zero-order valence-electron chi connectivity index (χ0n) is 21.7. The molecule has 1 N–H and O–H groups in total. The normalized spacial score (nSPS) is 15.9. The molecule has 6 nitrogen and oxygen atoms in total. The van der Waals surface area contributed by atoms with Crippen LogP contribution in [0, 0.1) is 0 Å². The number of hydrogen-bond acceptors (Lipinski definition) is 5. The predicted octanol–water partition coefficient (Wildman–Crippen LogP) is 5.58. The molecule has 1 unspecified atom stereocenters. The number of ketones is 1. The summed E-state index contributed by atoms with van der Waals surface area (Å²) in [6, 6.07) is 16.3. The van der Waals surface area contributed by atoms with Crippen molar-refractivity contribution in [2.45, 2.75) is 46.1 Å². The summed E-state index contributed by atoms with van der Waals surface area (Å²) in [6.45, 7) is 10.1. The van der Waals surface area contributed by atoms with Gasteiger partial charge in [0.05, 0.1) is 18.2 Å². The van der Waals surface area contributed by atoms with Gasteiger partial charge in [0.2, 0.25) is 0 Å². The van der Waals surface area contributed by atoms with E-state index in [1.807, 2.05) is 54.6 Å². The summed E-state index contributed by atoms with van der Waals surface area (Å²) in [4.78, 5) is 30.4. The molecule has 1 heterocycles. The highest BCUT2D eigenvalue weighted by molar-refractivity contribution is 6.14. The Kier molecular flexibility index (Phi) is 10.3. The average Bonchev–Trinajstić information content (AvgIpc) is 3.16. The molecule has 2 aromatic rings. The summed E-state index contributed by atoms with van der Waals surface area (Å²) in [5, 5.41) is 10.8. The molecule has 1 aliphatic rings. The van der Waals surface area contributed by atoms with Gasteiger partial charge in [-0.25, -0.2) is 0 Å². The Bertz CT molecular complexity index is 1060. The van der Waals surface area contributed by atoms with E-state index in [4.69, 9.17) is 4.74 Å². The first kappa shape index (κ1) is 27.2. The van der Waals surface area contributed by atoms with E-state index in [1.54, 1.807) is 11.0 Å². The first-order valence-electron chi connectivity index (χ1n) is 13.0. The van der Waals surface area contributed by atoms with E-state index in [9.17, 15) is 14.7 Å². The van der Waals surface area contributed by atoms with Crippen LogP contribution in [0.1, 0.15) is 57.2 Å². The van der Waals surface area contributed by atoms with Crippen molar-refractivity contribution in [1.82, 2.24) is 9.80 Å². The van der Waals surface area contributed by atoms with Crippen LogP contribution in [-0.4, -0.2) is 59.4 Å². The minimum Gasteiger partial charge on any atom is -0.503 e. The molecule has 1 atom stereocenters. The lowest BCUT2D eigenvalue weighted by molar-refractivity contribution is -0.129. The van der Waals surface area contributed by atoms with Crippen molar-refractivity contribution >= 4 is 17.8 Å². The molecular weight excluding hydrogens is 452 g/mol. The Morgan fingerprint density at radius 3 is 2.36 bits per heavy atom. The zero-order valence-corrected chi connectivity index (χ0v) is 21.7. The maximum Gasteiger partial charge on any atom is 0.290 e. The number of allylic oxidation sites excluding steroid dienone is 1. The molecular formula is C30H38N2O4. The number of rotatable bonds is 14. The third-order valence-electron chi connectivity index (χ3n) is 6.53. The van der Waals surface area contributed by atoms with Crippen LogP contribution in [0.5, 0.6) is 5.75 Å². The number of hydrogen-bond donors (Lipinski definition) is 1. The van der Waals surface area contributed by atoms with E-state index in [-0.39, 0.29) is 11.4 Å². The van der Waals surface area contributed by atoms with Crippen molar-refractivity contribution in [3.8, 4) is 5.75 Å². The number of nitrogens with zero attached hydrogens (tertiary/aromatic N) is 2. The Hall–Kier alpha value is -3.38. The number of aliphatic hydroxyl groups is 1. The molecule has 0 radical (unpaired) electrons. The van der Waals surface area contributed by atoms with Crippen molar-refractivity contribution in [3.63, 3.8) is 0 Å². The molecule has 1 amide bonds. The quantitative estimate of drug-likeness (QED) is 0.277. The highest BCUT2D eigenvalue weighted by atomic mass is 16.5. The molecule has 36 heavy (non-hydrogen) atoms. The Balaban J connectivity index is 1.87. The molecule has 3 rings (SSSR count). The number of carbonyl (C=O) groups is 2. The second-order valence-corrected chi connectivity index (χ2v) is 8.92. The predicted molar refractivity (Wildman–Crippen MR) is 144 cm³/mol. The fraction of sp³-hybridized carbons (Fsp3) is 0.400. The molecule has 6 heteroatoms. The fourth-order valence-electron chi connectivity index (χ4n) is 4.39. The van der Waals surface area contributed by atoms with Crippen molar-refractivity contribution in [2.24, 2.45) is 0 Å². The topological polar surface area (TPSA) is 70.1 Å². The number of ether oxygens (including phenoxy) is 1. The smallest absolute Gasteiger partial charge is 0.290 e. The maximum atomic E-state index is 13.3. The second kappa shape index (κ2) is 13.6. The third kappa shape index (κ3) is 6.85. The molecule has 2 aromatic carbocycles. The molecule has 0 aromatic heterocycles. The number of carbonyl (C=O) groups excluding carboxylic acids is 2. The summed E-state index contributed by atoms with van der Waals surface area (Å²) < 4.78 is 5.79. The zero-order chi connectivity index (χ0) is 25.9. The van der Waals surface area contributed by atoms with Crippen LogP contribution in [-0.2, 0) is 9.59 Å². The van der Waals surface area contributed by atoms with Gasteiger partial charge in [-0.2, -0.15) is 0 Å². The Labute approximate surface area is 214 Å². The van der Waals surface area contributed by atoms with Crippen molar-refractivity contribution in [2.75, 3.05) is 32.8 Å². The van der Waals surface area contributed by atoms with Crippen LogP contribution in [0.15, 0.2) is 72.0 Å². The molecule has 0 spiro atoms. The fourth-order valence-corrected chi connectivity index (χ4v) is 4.39. The SMILES string of the molecule is CCCCOc1ccc(C2C(C(=O)/C=C/c3ccccc3)=C(O)C(=O)N2CCCN(CC)CC)cc1. The standard InChI is InChI=1S/C30H38N2O4/c1-4-7-22-36-25-17-15-24(16-18-25)28-27(26(33)19-14-23-12-9-8-10-13-23)29(34)30(35)32(28)21-11-20-31(5-2)6-3/h8-10,12-19,28,34H,4-7,11,20-22H2,1-3H3/b19-14+. The second-order valence-electron chi connectivity index (χ2n) is 8.92. The van der Waals surface area contributed by atoms with Crippen LogP contribution in [0.25, 0.3) is 6.08 Å². The monoisotopic (exact) mass is 490 g/mol. The minimum absolute atomic E-state index is 0.120. The van der Waals surface area contributed by atoms with Crippen molar-refractivity contribution in [3.05, 3.63) is 83.1 Å².